The Hall–Kier alpha value is -1.23. The van der Waals surface area contributed by atoms with E-state index in [0.29, 0.717) is 18.5 Å². The van der Waals surface area contributed by atoms with Gasteiger partial charge in [-0.2, -0.15) is 13.2 Å². The van der Waals surface area contributed by atoms with Crippen LogP contribution in [-0.4, -0.2) is 69.6 Å². The SMILES string of the molecule is OC[C@@H](O)[C@@H](O)[C@H](O)[C@@H](O)CNCCc1ccc(C(F)(F)F)cc1. The van der Waals surface area contributed by atoms with Crippen LogP contribution in [0.5, 0.6) is 0 Å². The van der Waals surface area contributed by atoms with E-state index >= 15 is 0 Å². The Morgan fingerprint density at radius 1 is 0.917 bits per heavy atom. The summed E-state index contributed by atoms with van der Waals surface area (Å²) in [6.45, 7) is -0.531. The highest BCUT2D eigenvalue weighted by Gasteiger charge is 2.30. The van der Waals surface area contributed by atoms with Crippen molar-refractivity contribution in [1.82, 2.24) is 5.32 Å². The van der Waals surface area contributed by atoms with Crippen LogP contribution < -0.4 is 5.32 Å². The lowest BCUT2D eigenvalue weighted by atomic mass is 10.0. The molecule has 1 aromatic rings. The molecular weight excluding hydrogens is 331 g/mol. The van der Waals surface area contributed by atoms with Crippen LogP contribution in [0.3, 0.4) is 0 Å². The van der Waals surface area contributed by atoms with Crippen LogP contribution in [0, 0.1) is 0 Å². The molecule has 1 aromatic carbocycles. The molecule has 9 heteroatoms. The van der Waals surface area contributed by atoms with E-state index in [1.807, 2.05) is 0 Å². The first-order valence-electron chi connectivity index (χ1n) is 7.36. The van der Waals surface area contributed by atoms with E-state index in [-0.39, 0.29) is 6.54 Å². The van der Waals surface area contributed by atoms with Crippen molar-refractivity contribution in [3.8, 4) is 0 Å². The summed E-state index contributed by atoms with van der Waals surface area (Å²) >= 11 is 0. The van der Waals surface area contributed by atoms with E-state index in [0.717, 1.165) is 12.1 Å². The van der Waals surface area contributed by atoms with Crippen molar-refractivity contribution in [1.29, 1.82) is 0 Å². The van der Waals surface area contributed by atoms with Gasteiger partial charge in [0.25, 0.3) is 0 Å². The normalized spacial score (nSPS) is 17.3. The minimum Gasteiger partial charge on any atom is -0.394 e. The number of rotatable bonds is 9. The quantitative estimate of drug-likeness (QED) is 0.327. The van der Waals surface area contributed by atoms with Crippen LogP contribution in [-0.2, 0) is 12.6 Å². The van der Waals surface area contributed by atoms with Gasteiger partial charge >= 0.3 is 6.18 Å². The third-order valence-corrected chi connectivity index (χ3v) is 3.55. The summed E-state index contributed by atoms with van der Waals surface area (Å²) in [5, 5.41) is 49.3. The minimum absolute atomic E-state index is 0.100. The molecule has 0 aliphatic heterocycles. The second-order valence-electron chi connectivity index (χ2n) is 5.45. The monoisotopic (exact) mass is 353 g/mol. The number of aliphatic hydroxyl groups excluding tert-OH is 5. The molecule has 0 amide bonds. The lowest BCUT2D eigenvalue weighted by molar-refractivity contribution is -0.137. The molecule has 0 fully saturated rings. The summed E-state index contributed by atoms with van der Waals surface area (Å²) < 4.78 is 37.3. The van der Waals surface area contributed by atoms with Gasteiger partial charge in [0.2, 0.25) is 0 Å². The van der Waals surface area contributed by atoms with Gasteiger partial charge < -0.3 is 30.8 Å². The molecule has 0 spiro atoms. The van der Waals surface area contributed by atoms with E-state index in [1.54, 1.807) is 0 Å². The Morgan fingerprint density at radius 3 is 1.96 bits per heavy atom. The predicted molar refractivity (Wildman–Crippen MR) is 79.1 cm³/mol. The molecule has 0 radical (unpaired) electrons. The van der Waals surface area contributed by atoms with Gasteiger partial charge in [0.05, 0.1) is 18.3 Å². The molecule has 0 heterocycles. The topological polar surface area (TPSA) is 113 Å². The summed E-state index contributed by atoms with van der Waals surface area (Å²) in [6, 6.07) is 4.69. The maximum atomic E-state index is 12.4. The zero-order chi connectivity index (χ0) is 18.3. The summed E-state index contributed by atoms with van der Waals surface area (Å²) in [5.74, 6) is 0. The van der Waals surface area contributed by atoms with Gasteiger partial charge in [0, 0.05) is 6.54 Å². The number of nitrogens with one attached hydrogen (secondary N) is 1. The lowest BCUT2D eigenvalue weighted by Crippen LogP contribution is -2.49. The third-order valence-electron chi connectivity index (χ3n) is 3.55. The molecule has 1 rings (SSSR count). The standard InChI is InChI=1S/C15H22F3NO5/c16-15(17,18)10-3-1-9(2-4-10)5-6-19-7-11(21)13(23)14(24)12(22)8-20/h1-4,11-14,19-24H,5-8H2/t11-,12+,13+,14+/m0/s1. The zero-order valence-corrected chi connectivity index (χ0v) is 12.8. The first-order chi connectivity index (χ1) is 11.2. The van der Waals surface area contributed by atoms with Gasteiger partial charge in [-0.3, -0.25) is 0 Å². The van der Waals surface area contributed by atoms with Crippen molar-refractivity contribution in [2.75, 3.05) is 19.7 Å². The van der Waals surface area contributed by atoms with Crippen LogP contribution in [0.2, 0.25) is 0 Å². The number of hydrogen-bond acceptors (Lipinski definition) is 6. The zero-order valence-electron chi connectivity index (χ0n) is 12.8. The molecule has 0 unspecified atom stereocenters. The van der Waals surface area contributed by atoms with Gasteiger partial charge in [-0.05, 0) is 30.7 Å². The van der Waals surface area contributed by atoms with Crippen LogP contribution in [0.15, 0.2) is 24.3 Å². The van der Waals surface area contributed by atoms with E-state index in [2.05, 4.69) is 5.32 Å². The van der Waals surface area contributed by atoms with Crippen molar-refractivity contribution >= 4 is 0 Å². The number of hydrogen-bond donors (Lipinski definition) is 6. The molecule has 24 heavy (non-hydrogen) atoms. The first kappa shape index (κ1) is 20.8. The lowest BCUT2D eigenvalue weighted by Gasteiger charge is -2.25. The highest BCUT2D eigenvalue weighted by atomic mass is 19.4. The Labute approximate surface area is 137 Å². The maximum absolute atomic E-state index is 12.4. The minimum atomic E-state index is -4.38. The third kappa shape index (κ3) is 6.34. The number of benzene rings is 1. The fourth-order valence-electron chi connectivity index (χ4n) is 2.03. The highest BCUT2D eigenvalue weighted by molar-refractivity contribution is 5.24. The van der Waals surface area contributed by atoms with Crippen molar-refractivity contribution in [2.45, 2.75) is 37.0 Å². The molecule has 0 saturated heterocycles. The second kappa shape index (κ2) is 9.30. The average Bonchev–Trinajstić information content (AvgIpc) is 2.56. The molecule has 0 bridgehead atoms. The van der Waals surface area contributed by atoms with Crippen molar-refractivity contribution in [3.05, 3.63) is 35.4 Å². The van der Waals surface area contributed by atoms with Gasteiger partial charge in [-0.25, -0.2) is 0 Å². The molecular formula is C15H22F3NO5. The molecule has 0 aliphatic carbocycles. The molecule has 6 N–H and O–H groups in total. The predicted octanol–water partition coefficient (Wildman–Crippen LogP) is -0.727. The van der Waals surface area contributed by atoms with Crippen LogP contribution >= 0.6 is 0 Å². The van der Waals surface area contributed by atoms with E-state index in [4.69, 9.17) is 5.11 Å². The number of aliphatic hydroxyl groups is 5. The van der Waals surface area contributed by atoms with Crippen LogP contribution in [0.25, 0.3) is 0 Å². The Kier molecular flexibility index (Phi) is 8.07. The molecule has 0 saturated carbocycles. The Morgan fingerprint density at radius 2 is 1.46 bits per heavy atom. The van der Waals surface area contributed by atoms with Crippen molar-refractivity contribution < 1.29 is 38.7 Å². The molecule has 138 valence electrons. The van der Waals surface area contributed by atoms with Gasteiger partial charge in [-0.1, -0.05) is 12.1 Å². The van der Waals surface area contributed by atoms with Crippen LogP contribution in [0.4, 0.5) is 13.2 Å². The van der Waals surface area contributed by atoms with E-state index in [9.17, 15) is 33.6 Å². The summed E-state index contributed by atoms with van der Waals surface area (Å²) in [7, 11) is 0. The summed E-state index contributed by atoms with van der Waals surface area (Å²) in [5.41, 5.74) is -0.0598. The largest absolute Gasteiger partial charge is 0.416 e. The Bertz CT molecular complexity index is 483. The fraction of sp³-hybridized carbons (Fsp3) is 0.600. The summed E-state index contributed by atoms with van der Waals surface area (Å²) in [6.07, 6.45) is -10.3. The smallest absolute Gasteiger partial charge is 0.394 e. The molecule has 0 aliphatic rings. The highest BCUT2D eigenvalue weighted by Crippen LogP contribution is 2.29. The molecule has 4 atom stereocenters. The number of alkyl halides is 3. The Balaban J connectivity index is 2.35. The van der Waals surface area contributed by atoms with Crippen LogP contribution in [0.1, 0.15) is 11.1 Å². The summed E-state index contributed by atoms with van der Waals surface area (Å²) in [4.78, 5) is 0. The van der Waals surface area contributed by atoms with E-state index in [1.165, 1.54) is 12.1 Å². The van der Waals surface area contributed by atoms with Crippen molar-refractivity contribution in [2.24, 2.45) is 0 Å². The first-order valence-corrected chi connectivity index (χ1v) is 7.36. The average molecular weight is 353 g/mol. The van der Waals surface area contributed by atoms with Gasteiger partial charge in [-0.15, -0.1) is 0 Å². The molecule has 0 aromatic heterocycles. The van der Waals surface area contributed by atoms with E-state index < -0.39 is 42.8 Å². The van der Waals surface area contributed by atoms with Gasteiger partial charge in [0.15, 0.2) is 0 Å². The maximum Gasteiger partial charge on any atom is 0.416 e. The molecule has 6 nitrogen and oxygen atoms in total. The number of halogens is 3. The fourth-order valence-corrected chi connectivity index (χ4v) is 2.03. The van der Waals surface area contributed by atoms with Crippen molar-refractivity contribution in [3.63, 3.8) is 0 Å². The van der Waals surface area contributed by atoms with Gasteiger partial charge in [0.1, 0.15) is 18.3 Å². The second-order valence-corrected chi connectivity index (χ2v) is 5.45.